The molecule has 1 heterocycles. The molecule has 0 bridgehead atoms. The van der Waals surface area contributed by atoms with Crippen LogP contribution in [-0.4, -0.2) is 16.1 Å². The van der Waals surface area contributed by atoms with Gasteiger partial charge in [0.25, 0.3) is 0 Å². The molecule has 2 rings (SSSR count). The minimum absolute atomic E-state index is 0.201. The monoisotopic (exact) mass is 313 g/mol. The third kappa shape index (κ3) is 3.62. The highest BCUT2D eigenvalue weighted by Crippen LogP contribution is 2.28. The van der Waals surface area contributed by atoms with Crippen molar-refractivity contribution in [3.8, 4) is 0 Å². The minimum atomic E-state index is -0.982. The summed E-state index contributed by atoms with van der Waals surface area (Å²) in [5.74, 6) is -0.404. The van der Waals surface area contributed by atoms with Crippen molar-refractivity contribution in [2.45, 2.75) is 10.8 Å². The summed E-state index contributed by atoms with van der Waals surface area (Å²) in [5.41, 5.74) is 1.16. The Labute approximate surface area is 124 Å². The van der Waals surface area contributed by atoms with Crippen LogP contribution in [0.5, 0.6) is 0 Å². The van der Waals surface area contributed by atoms with E-state index in [0.717, 1.165) is 5.56 Å². The van der Waals surface area contributed by atoms with Gasteiger partial charge in [0.1, 0.15) is 5.03 Å². The summed E-state index contributed by atoms with van der Waals surface area (Å²) in [6, 6.07) is 8.47. The van der Waals surface area contributed by atoms with Gasteiger partial charge in [-0.25, -0.2) is 9.78 Å². The summed E-state index contributed by atoms with van der Waals surface area (Å²) in [7, 11) is 0. The summed E-state index contributed by atoms with van der Waals surface area (Å²) in [6.07, 6.45) is 1.57. The van der Waals surface area contributed by atoms with Crippen molar-refractivity contribution < 1.29 is 9.90 Å². The fraction of sp³-hybridized carbons (Fsp3) is 0.0769. The Kier molecular flexibility index (Phi) is 4.69. The average Bonchev–Trinajstić information content (AvgIpc) is 2.40. The smallest absolute Gasteiger partial charge is 0.338 e. The van der Waals surface area contributed by atoms with Crippen LogP contribution in [0.1, 0.15) is 15.9 Å². The number of halogens is 2. The minimum Gasteiger partial charge on any atom is -0.478 e. The van der Waals surface area contributed by atoms with E-state index in [-0.39, 0.29) is 5.56 Å². The summed E-state index contributed by atoms with van der Waals surface area (Å²) in [6.45, 7) is 0. The molecule has 0 aliphatic rings. The third-order valence-corrected chi connectivity index (χ3v) is 4.18. The van der Waals surface area contributed by atoms with Crippen LogP contribution in [0.25, 0.3) is 0 Å². The van der Waals surface area contributed by atoms with Gasteiger partial charge in [-0.2, -0.15) is 0 Å². The molecule has 0 fully saturated rings. The van der Waals surface area contributed by atoms with Gasteiger partial charge in [-0.1, -0.05) is 29.3 Å². The summed E-state index contributed by atoms with van der Waals surface area (Å²) >= 11 is 13.1. The maximum Gasteiger partial charge on any atom is 0.338 e. The van der Waals surface area contributed by atoms with E-state index in [0.29, 0.717) is 20.8 Å². The van der Waals surface area contributed by atoms with Crippen LogP contribution in [0.15, 0.2) is 41.6 Å². The second-order valence-electron chi connectivity index (χ2n) is 3.70. The number of aromatic nitrogens is 1. The lowest BCUT2D eigenvalue weighted by atomic mass is 10.2. The van der Waals surface area contributed by atoms with Gasteiger partial charge in [-0.05, 0) is 29.8 Å². The molecule has 19 heavy (non-hydrogen) atoms. The molecule has 0 unspecified atom stereocenters. The molecule has 0 saturated carbocycles. The maximum absolute atomic E-state index is 11.0. The second-order valence-corrected chi connectivity index (χ2v) is 5.48. The first-order valence-corrected chi connectivity index (χ1v) is 7.07. The van der Waals surface area contributed by atoms with Crippen molar-refractivity contribution in [2.75, 3.05) is 0 Å². The largest absolute Gasteiger partial charge is 0.478 e. The van der Waals surface area contributed by atoms with Crippen molar-refractivity contribution in [2.24, 2.45) is 0 Å². The summed E-state index contributed by atoms with van der Waals surface area (Å²) in [4.78, 5) is 15.1. The molecule has 0 amide bonds. The van der Waals surface area contributed by atoms with E-state index in [1.165, 1.54) is 17.8 Å². The molecule has 6 heteroatoms. The van der Waals surface area contributed by atoms with Crippen LogP contribution in [0, 0.1) is 0 Å². The van der Waals surface area contributed by atoms with Crippen molar-refractivity contribution >= 4 is 40.9 Å². The summed E-state index contributed by atoms with van der Waals surface area (Å²) in [5, 5.41) is 10.5. The molecule has 1 N–H and O–H groups in total. The summed E-state index contributed by atoms with van der Waals surface area (Å²) < 4.78 is 0. The molecule has 0 radical (unpaired) electrons. The Bertz CT molecular complexity index is 619. The van der Waals surface area contributed by atoms with E-state index in [9.17, 15) is 4.79 Å². The quantitative estimate of drug-likeness (QED) is 0.851. The molecule has 3 nitrogen and oxygen atoms in total. The zero-order chi connectivity index (χ0) is 13.8. The number of aromatic carboxylic acids is 1. The highest BCUT2D eigenvalue weighted by molar-refractivity contribution is 7.98. The molecule has 98 valence electrons. The topological polar surface area (TPSA) is 50.2 Å². The van der Waals surface area contributed by atoms with Crippen molar-refractivity contribution in [3.05, 3.63) is 57.7 Å². The first kappa shape index (κ1) is 14.2. The van der Waals surface area contributed by atoms with Gasteiger partial charge in [-0.3, -0.25) is 0 Å². The Morgan fingerprint density at radius 2 is 2.05 bits per heavy atom. The molecular formula is C13H9Cl2NO2S. The zero-order valence-electron chi connectivity index (χ0n) is 9.64. The van der Waals surface area contributed by atoms with Crippen LogP contribution in [0.2, 0.25) is 10.0 Å². The van der Waals surface area contributed by atoms with Crippen molar-refractivity contribution in [1.82, 2.24) is 4.98 Å². The second kappa shape index (κ2) is 6.28. The predicted molar refractivity (Wildman–Crippen MR) is 77.2 cm³/mol. The van der Waals surface area contributed by atoms with E-state index in [1.807, 2.05) is 6.07 Å². The normalized spacial score (nSPS) is 10.4. The Morgan fingerprint density at radius 1 is 1.26 bits per heavy atom. The predicted octanol–water partition coefficient (Wildman–Crippen LogP) is 4.38. The van der Waals surface area contributed by atoms with Gasteiger partial charge in [0.15, 0.2) is 0 Å². The van der Waals surface area contributed by atoms with Gasteiger partial charge in [-0.15, -0.1) is 11.8 Å². The molecular weight excluding hydrogens is 305 g/mol. The van der Waals surface area contributed by atoms with Crippen LogP contribution in [0.4, 0.5) is 0 Å². The number of rotatable bonds is 4. The Balaban J connectivity index is 2.14. The van der Waals surface area contributed by atoms with Crippen LogP contribution < -0.4 is 0 Å². The van der Waals surface area contributed by atoms with Crippen LogP contribution in [0.3, 0.4) is 0 Å². The first-order valence-electron chi connectivity index (χ1n) is 5.33. The highest BCUT2D eigenvalue weighted by atomic mass is 35.5. The number of hydrogen-bond donors (Lipinski definition) is 1. The molecule has 2 aromatic rings. The molecule has 0 atom stereocenters. The third-order valence-electron chi connectivity index (χ3n) is 2.36. The molecule has 0 saturated heterocycles. The lowest BCUT2D eigenvalue weighted by Gasteiger charge is -2.05. The van der Waals surface area contributed by atoms with Crippen LogP contribution in [-0.2, 0) is 5.75 Å². The Morgan fingerprint density at radius 3 is 2.74 bits per heavy atom. The van der Waals surface area contributed by atoms with Crippen molar-refractivity contribution in [3.63, 3.8) is 0 Å². The standard InChI is InChI=1S/C13H9Cl2NO2S/c14-10-4-3-8(6-11(10)15)7-19-12-9(13(17)18)2-1-5-16-12/h1-6H,7H2,(H,17,18). The van der Waals surface area contributed by atoms with E-state index in [1.54, 1.807) is 24.4 Å². The van der Waals surface area contributed by atoms with E-state index in [2.05, 4.69) is 4.98 Å². The number of thioether (sulfide) groups is 1. The molecule has 1 aromatic heterocycles. The SMILES string of the molecule is O=C(O)c1cccnc1SCc1ccc(Cl)c(Cl)c1. The number of pyridine rings is 1. The number of nitrogens with zero attached hydrogens (tertiary/aromatic N) is 1. The van der Waals surface area contributed by atoms with Gasteiger partial charge in [0.2, 0.25) is 0 Å². The van der Waals surface area contributed by atoms with Gasteiger partial charge >= 0.3 is 5.97 Å². The fourth-order valence-corrected chi connectivity index (χ4v) is 2.70. The number of carbonyl (C=O) groups is 1. The van der Waals surface area contributed by atoms with Gasteiger partial charge in [0.05, 0.1) is 15.6 Å². The molecule has 0 spiro atoms. The first-order chi connectivity index (χ1) is 9.08. The average molecular weight is 314 g/mol. The van der Waals surface area contributed by atoms with E-state index in [4.69, 9.17) is 28.3 Å². The molecule has 0 aliphatic carbocycles. The Hall–Kier alpha value is -1.23. The van der Waals surface area contributed by atoms with Gasteiger partial charge < -0.3 is 5.11 Å². The van der Waals surface area contributed by atoms with E-state index < -0.39 is 5.97 Å². The highest BCUT2D eigenvalue weighted by Gasteiger charge is 2.11. The molecule has 0 aliphatic heterocycles. The van der Waals surface area contributed by atoms with Gasteiger partial charge in [0, 0.05) is 11.9 Å². The van der Waals surface area contributed by atoms with Crippen molar-refractivity contribution in [1.29, 1.82) is 0 Å². The number of carboxylic acid groups (broad SMARTS) is 1. The van der Waals surface area contributed by atoms with E-state index >= 15 is 0 Å². The number of carboxylic acids is 1. The maximum atomic E-state index is 11.0. The molecule has 1 aromatic carbocycles. The lowest BCUT2D eigenvalue weighted by molar-refractivity contribution is 0.0692. The van der Waals surface area contributed by atoms with Crippen LogP contribution >= 0.6 is 35.0 Å². The number of benzene rings is 1. The number of hydrogen-bond acceptors (Lipinski definition) is 3. The fourth-order valence-electron chi connectivity index (χ4n) is 1.45. The lowest BCUT2D eigenvalue weighted by Crippen LogP contribution is -2.00. The zero-order valence-corrected chi connectivity index (χ0v) is 12.0.